The molecule has 1 aliphatic rings. The number of hydrogen-bond acceptors (Lipinski definition) is 5. The van der Waals surface area contributed by atoms with Crippen LogP contribution in [0.1, 0.15) is 39.4 Å². The summed E-state index contributed by atoms with van der Waals surface area (Å²) < 4.78 is 1.90. The first-order valence-corrected chi connectivity index (χ1v) is 8.61. The van der Waals surface area contributed by atoms with Gasteiger partial charge in [0.25, 0.3) is 5.91 Å². The first-order chi connectivity index (χ1) is 12.5. The van der Waals surface area contributed by atoms with Crippen molar-refractivity contribution in [2.24, 2.45) is 0 Å². The van der Waals surface area contributed by atoms with Crippen molar-refractivity contribution in [1.82, 2.24) is 29.6 Å². The molecule has 1 amide bonds. The highest BCUT2D eigenvalue weighted by Crippen LogP contribution is 2.29. The van der Waals surface area contributed by atoms with E-state index in [1.807, 2.05) is 34.7 Å². The minimum Gasteiger partial charge on any atom is -0.369 e. The number of carbonyl (C=O) groups excluding carboxylic acids is 1. The van der Waals surface area contributed by atoms with Crippen molar-refractivity contribution in [3.63, 3.8) is 0 Å². The highest BCUT2D eigenvalue weighted by atomic mass is 16.2. The summed E-state index contributed by atoms with van der Waals surface area (Å²) in [6.45, 7) is 4.85. The van der Waals surface area contributed by atoms with E-state index >= 15 is 0 Å². The Morgan fingerprint density at radius 1 is 1.23 bits per heavy atom. The molecule has 0 unspecified atom stereocenters. The number of benzene rings is 1. The standard InChI is InChI=1S/C18H21N7O/c1-11-15(22-18(19)20-11)17(26)24-8-9-25-16(21-12(2)23-25)14(24)10-13-6-4-3-5-7-13/h3-7,14H,8-10H2,1-2H3,(H3,19,20,22)/t14-/m0/s1. The number of hydrogen-bond donors (Lipinski definition) is 2. The lowest BCUT2D eigenvalue weighted by Crippen LogP contribution is -2.44. The maximum absolute atomic E-state index is 13.2. The van der Waals surface area contributed by atoms with Crippen LogP contribution in [0.3, 0.4) is 0 Å². The van der Waals surface area contributed by atoms with Gasteiger partial charge in [0.15, 0.2) is 11.6 Å². The third-order valence-electron chi connectivity index (χ3n) is 4.67. The minimum atomic E-state index is -0.197. The molecule has 3 heterocycles. The fraction of sp³-hybridized carbons (Fsp3) is 0.333. The zero-order valence-corrected chi connectivity index (χ0v) is 14.8. The summed E-state index contributed by atoms with van der Waals surface area (Å²) in [7, 11) is 0. The van der Waals surface area contributed by atoms with Gasteiger partial charge in [-0.25, -0.2) is 14.6 Å². The first kappa shape index (κ1) is 16.3. The van der Waals surface area contributed by atoms with E-state index in [-0.39, 0.29) is 17.9 Å². The lowest BCUT2D eigenvalue weighted by molar-refractivity contribution is 0.0602. The van der Waals surface area contributed by atoms with Gasteiger partial charge in [-0.05, 0) is 19.4 Å². The van der Waals surface area contributed by atoms with Gasteiger partial charge in [0.1, 0.15) is 11.6 Å². The minimum absolute atomic E-state index is 0.136. The fourth-order valence-electron chi connectivity index (χ4n) is 3.49. The molecular weight excluding hydrogens is 330 g/mol. The Kier molecular flexibility index (Phi) is 3.95. The maximum Gasteiger partial charge on any atom is 0.275 e. The Labute approximate surface area is 151 Å². The molecule has 1 aromatic carbocycles. The van der Waals surface area contributed by atoms with Crippen molar-refractivity contribution in [3.8, 4) is 0 Å². The zero-order chi connectivity index (χ0) is 18.3. The van der Waals surface area contributed by atoms with Crippen molar-refractivity contribution < 1.29 is 4.79 Å². The number of nitrogens with two attached hydrogens (primary N) is 1. The molecule has 26 heavy (non-hydrogen) atoms. The largest absolute Gasteiger partial charge is 0.369 e. The van der Waals surface area contributed by atoms with Crippen LogP contribution in [0.2, 0.25) is 0 Å². The molecule has 3 N–H and O–H groups in total. The monoisotopic (exact) mass is 351 g/mol. The van der Waals surface area contributed by atoms with Crippen LogP contribution in [0.15, 0.2) is 30.3 Å². The second-order valence-corrected chi connectivity index (χ2v) is 6.54. The van der Waals surface area contributed by atoms with Gasteiger partial charge in [-0.2, -0.15) is 5.10 Å². The van der Waals surface area contributed by atoms with Crippen molar-refractivity contribution >= 4 is 11.9 Å². The van der Waals surface area contributed by atoms with E-state index in [0.717, 1.165) is 11.4 Å². The Balaban J connectivity index is 1.72. The molecule has 0 fully saturated rings. The summed E-state index contributed by atoms with van der Waals surface area (Å²) in [5.74, 6) is 1.64. The highest BCUT2D eigenvalue weighted by Gasteiger charge is 2.35. The fourth-order valence-corrected chi connectivity index (χ4v) is 3.49. The number of aromatic nitrogens is 5. The van der Waals surface area contributed by atoms with Crippen LogP contribution in [0.5, 0.6) is 0 Å². The summed E-state index contributed by atoms with van der Waals surface area (Å²) in [6, 6.07) is 9.90. The van der Waals surface area contributed by atoms with E-state index in [0.29, 0.717) is 36.7 Å². The molecule has 8 nitrogen and oxygen atoms in total. The number of fused-ring (bicyclic) bond motifs is 1. The lowest BCUT2D eigenvalue weighted by atomic mass is 10.0. The molecule has 134 valence electrons. The van der Waals surface area contributed by atoms with E-state index < -0.39 is 0 Å². The van der Waals surface area contributed by atoms with Crippen LogP contribution < -0.4 is 5.73 Å². The number of nitrogen functional groups attached to an aromatic ring is 1. The number of aromatic amines is 1. The van der Waals surface area contributed by atoms with Crippen molar-refractivity contribution in [1.29, 1.82) is 0 Å². The Hall–Kier alpha value is -3.16. The van der Waals surface area contributed by atoms with Crippen LogP contribution in [0.4, 0.5) is 5.95 Å². The number of H-pyrrole nitrogens is 1. The van der Waals surface area contributed by atoms with Gasteiger partial charge in [0, 0.05) is 18.7 Å². The smallest absolute Gasteiger partial charge is 0.275 e. The summed E-state index contributed by atoms with van der Waals surface area (Å²) in [5, 5.41) is 4.46. The molecule has 8 heteroatoms. The zero-order valence-electron chi connectivity index (χ0n) is 14.8. The summed E-state index contributed by atoms with van der Waals surface area (Å²) in [5.41, 5.74) is 7.90. The van der Waals surface area contributed by atoms with Crippen LogP contribution in [0.25, 0.3) is 0 Å². The summed E-state index contributed by atoms with van der Waals surface area (Å²) >= 11 is 0. The maximum atomic E-state index is 13.2. The molecule has 2 aromatic heterocycles. The molecule has 0 spiro atoms. The van der Waals surface area contributed by atoms with E-state index in [2.05, 4.69) is 32.2 Å². The van der Waals surface area contributed by atoms with Crippen molar-refractivity contribution in [2.75, 3.05) is 12.3 Å². The molecule has 1 atom stereocenters. The molecule has 0 saturated carbocycles. The molecule has 0 bridgehead atoms. The molecular formula is C18H21N7O. The van der Waals surface area contributed by atoms with Gasteiger partial charge in [-0.1, -0.05) is 30.3 Å². The third kappa shape index (κ3) is 2.83. The predicted octanol–water partition coefficient (Wildman–Crippen LogP) is 1.64. The molecule has 0 saturated heterocycles. The topological polar surface area (TPSA) is 106 Å². The number of rotatable bonds is 3. The second-order valence-electron chi connectivity index (χ2n) is 6.54. The van der Waals surface area contributed by atoms with Crippen LogP contribution in [-0.2, 0) is 13.0 Å². The van der Waals surface area contributed by atoms with Gasteiger partial charge in [0.05, 0.1) is 12.6 Å². The van der Waals surface area contributed by atoms with Gasteiger partial charge in [-0.3, -0.25) is 4.79 Å². The normalized spacial score (nSPS) is 16.5. The number of nitrogens with one attached hydrogen (secondary N) is 1. The number of imidazole rings is 1. The average molecular weight is 351 g/mol. The summed E-state index contributed by atoms with van der Waals surface area (Å²) in [6.07, 6.45) is 0.670. The number of aryl methyl sites for hydroxylation is 2. The molecule has 0 aliphatic carbocycles. The van der Waals surface area contributed by atoms with Crippen molar-refractivity contribution in [2.45, 2.75) is 32.9 Å². The second kappa shape index (κ2) is 6.29. The Bertz CT molecular complexity index is 944. The quantitative estimate of drug-likeness (QED) is 0.746. The number of amides is 1. The number of anilines is 1. The Morgan fingerprint density at radius 2 is 2.00 bits per heavy atom. The Morgan fingerprint density at radius 3 is 2.69 bits per heavy atom. The number of nitrogens with zero attached hydrogens (tertiary/aromatic N) is 5. The molecule has 1 aliphatic heterocycles. The molecule has 4 rings (SSSR count). The predicted molar refractivity (Wildman–Crippen MR) is 96.4 cm³/mol. The van der Waals surface area contributed by atoms with Crippen molar-refractivity contribution in [3.05, 3.63) is 58.9 Å². The van der Waals surface area contributed by atoms with Crippen LogP contribution >= 0.6 is 0 Å². The van der Waals surface area contributed by atoms with E-state index in [9.17, 15) is 4.79 Å². The van der Waals surface area contributed by atoms with E-state index in [1.54, 1.807) is 6.92 Å². The molecule has 0 radical (unpaired) electrons. The molecule has 3 aromatic rings. The van der Waals surface area contributed by atoms with E-state index in [4.69, 9.17) is 5.73 Å². The van der Waals surface area contributed by atoms with Gasteiger partial charge >= 0.3 is 0 Å². The number of carbonyl (C=O) groups is 1. The van der Waals surface area contributed by atoms with Crippen LogP contribution in [-0.4, -0.2) is 42.1 Å². The van der Waals surface area contributed by atoms with Gasteiger partial charge in [0.2, 0.25) is 0 Å². The SMILES string of the molecule is Cc1nc2n(n1)CCN(C(=O)c1nc(N)[nH]c1C)[C@H]2Cc1ccccc1. The highest BCUT2D eigenvalue weighted by molar-refractivity contribution is 5.94. The summed E-state index contributed by atoms with van der Waals surface area (Å²) in [4.78, 5) is 26.7. The first-order valence-electron chi connectivity index (χ1n) is 8.61. The van der Waals surface area contributed by atoms with Gasteiger partial charge < -0.3 is 15.6 Å². The van der Waals surface area contributed by atoms with Crippen LogP contribution in [0, 0.1) is 13.8 Å². The lowest BCUT2D eigenvalue weighted by Gasteiger charge is -2.35. The van der Waals surface area contributed by atoms with Gasteiger partial charge in [-0.15, -0.1) is 0 Å². The average Bonchev–Trinajstić information content (AvgIpc) is 3.16. The van der Waals surface area contributed by atoms with E-state index in [1.165, 1.54) is 0 Å². The third-order valence-corrected chi connectivity index (χ3v) is 4.67.